The molecule has 0 bridgehead atoms. The molecule has 0 aromatic heterocycles. The van der Waals surface area contributed by atoms with Crippen LogP contribution in [0.4, 0.5) is 5.69 Å². The van der Waals surface area contributed by atoms with Gasteiger partial charge in [-0.05, 0) is 12.5 Å². The van der Waals surface area contributed by atoms with Gasteiger partial charge in [0.25, 0.3) is 5.69 Å². The normalized spacial score (nSPS) is 9.67. The second-order valence-electron chi connectivity index (χ2n) is 2.75. The third kappa shape index (κ3) is 3.61. The van der Waals surface area contributed by atoms with Crippen LogP contribution in [0.2, 0.25) is 0 Å². The van der Waals surface area contributed by atoms with Crippen LogP contribution in [0.3, 0.4) is 0 Å². The zero-order valence-corrected chi connectivity index (χ0v) is 8.30. The maximum absolute atomic E-state index is 10.5. The van der Waals surface area contributed by atoms with Crippen molar-refractivity contribution < 1.29 is 4.92 Å². The van der Waals surface area contributed by atoms with Gasteiger partial charge in [-0.3, -0.25) is 15.1 Å². The molecule has 1 aromatic carbocycles. The molecule has 76 valence electrons. The van der Waals surface area contributed by atoms with Crippen LogP contribution in [0.15, 0.2) is 29.3 Å². The Balaban J connectivity index is 2.76. The number of nitrogens with zero attached hydrogens (tertiary/aromatic N) is 2. The first-order valence-corrected chi connectivity index (χ1v) is 4.38. The van der Waals surface area contributed by atoms with Gasteiger partial charge in [-0.2, -0.15) is 0 Å². The van der Waals surface area contributed by atoms with Crippen LogP contribution in [0.25, 0.3) is 0 Å². The molecule has 0 radical (unpaired) electrons. The summed E-state index contributed by atoms with van der Waals surface area (Å²) >= 11 is 0. The molecule has 0 N–H and O–H groups in total. The highest BCUT2D eigenvalue weighted by molar-refractivity contribution is 5.80. The molecule has 0 aliphatic rings. The van der Waals surface area contributed by atoms with Gasteiger partial charge in [0, 0.05) is 18.3 Å². The number of hydrogen-bond donors (Lipinski definition) is 0. The van der Waals surface area contributed by atoms with Crippen LogP contribution in [0, 0.1) is 22.0 Å². The van der Waals surface area contributed by atoms with E-state index in [1.165, 1.54) is 12.1 Å². The lowest BCUT2D eigenvalue weighted by atomic mass is 10.2. The topological polar surface area (TPSA) is 55.5 Å². The summed E-state index contributed by atoms with van der Waals surface area (Å²) in [6.07, 6.45) is 1.58. The largest absolute Gasteiger partial charge is 0.280 e. The van der Waals surface area contributed by atoms with Gasteiger partial charge in [-0.25, -0.2) is 0 Å². The lowest BCUT2D eigenvalue weighted by molar-refractivity contribution is -0.384. The second kappa shape index (κ2) is 5.55. The van der Waals surface area contributed by atoms with E-state index in [0.29, 0.717) is 12.1 Å². The SMILES string of the molecule is CC#CC/N=C/c1cccc([N+](=O)[O-])c1. The van der Waals surface area contributed by atoms with Crippen molar-refractivity contribution in [1.29, 1.82) is 0 Å². The first kappa shape index (κ1) is 10.9. The average molecular weight is 202 g/mol. The number of aliphatic imine (C=N–C) groups is 1. The fourth-order valence-electron chi connectivity index (χ4n) is 0.994. The highest BCUT2D eigenvalue weighted by Crippen LogP contribution is 2.11. The zero-order valence-electron chi connectivity index (χ0n) is 8.30. The summed E-state index contributed by atoms with van der Waals surface area (Å²) < 4.78 is 0. The Morgan fingerprint density at radius 1 is 1.60 bits per heavy atom. The Bertz CT molecular complexity index is 441. The van der Waals surface area contributed by atoms with Crippen molar-refractivity contribution in [1.82, 2.24) is 0 Å². The molecule has 0 fully saturated rings. The minimum Gasteiger partial charge on any atom is -0.280 e. The predicted molar refractivity (Wildman–Crippen MR) is 59.0 cm³/mol. The summed E-state index contributed by atoms with van der Waals surface area (Å²) in [5, 5.41) is 10.5. The zero-order chi connectivity index (χ0) is 11.1. The molecule has 0 unspecified atom stereocenters. The molecule has 0 saturated carbocycles. The van der Waals surface area contributed by atoms with Crippen LogP contribution >= 0.6 is 0 Å². The Kier molecular flexibility index (Phi) is 4.05. The highest BCUT2D eigenvalue weighted by Gasteiger charge is 2.03. The average Bonchev–Trinajstić information content (AvgIpc) is 2.25. The Labute approximate surface area is 87.8 Å². The fraction of sp³-hybridized carbons (Fsp3) is 0.182. The lowest BCUT2D eigenvalue weighted by Crippen LogP contribution is -1.89. The molecule has 0 aliphatic heterocycles. The number of hydrogen-bond acceptors (Lipinski definition) is 3. The number of benzene rings is 1. The molecule has 1 aromatic rings. The van der Waals surface area contributed by atoms with Gasteiger partial charge in [0.15, 0.2) is 0 Å². The van der Waals surface area contributed by atoms with Gasteiger partial charge < -0.3 is 0 Å². The summed E-state index contributed by atoms with van der Waals surface area (Å²) in [7, 11) is 0. The van der Waals surface area contributed by atoms with Gasteiger partial charge in [0.2, 0.25) is 0 Å². The number of nitro groups is 1. The van der Waals surface area contributed by atoms with Crippen molar-refractivity contribution in [2.24, 2.45) is 4.99 Å². The molecule has 0 spiro atoms. The third-order valence-electron chi connectivity index (χ3n) is 1.67. The van der Waals surface area contributed by atoms with E-state index in [0.717, 1.165) is 0 Å². The maximum Gasteiger partial charge on any atom is 0.270 e. The van der Waals surface area contributed by atoms with Crippen molar-refractivity contribution in [3.8, 4) is 11.8 Å². The number of rotatable bonds is 3. The van der Waals surface area contributed by atoms with Gasteiger partial charge in [-0.1, -0.05) is 18.1 Å². The first-order chi connectivity index (χ1) is 7.24. The summed E-state index contributed by atoms with van der Waals surface area (Å²) in [5.41, 5.74) is 0.780. The molecule has 0 heterocycles. The monoisotopic (exact) mass is 202 g/mol. The van der Waals surface area contributed by atoms with Crippen molar-refractivity contribution in [2.75, 3.05) is 6.54 Å². The molecule has 0 atom stereocenters. The molecule has 15 heavy (non-hydrogen) atoms. The smallest absolute Gasteiger partial charge is 0.270 e. The van der Waals surface area contributed by atoms with Crippen molar-refractivity contribution in [3.63, 3.8) is 0 Å². The highest BCUT2D eigenvalue weighted by atomic mass is 16.6. The fourth-order valence-corrected chi connectivity index (χ4v) is 0.994. The van der Waals surface area contributed by atoms with E-state index in [1.807, 2.05) is 0 Å². The van der Waals surface area contributed by atoms with Gasteiger partial charge in [0.1, 0.15) is 0 Å². The van der Waals surface area contributed by atoms with E-state index in [9.17, 15) is 10.1 Å². The minimum atomic E-state index is -0.427. The molecule has 1 rings (SSSR count). The van der Waals surface area contributed by atoms with Gasteiger partial charge >= 0.3 is 0 Å². The van der Waals surface area contributed by atoms with Crippen LogP contribution in [-0.2, 0) is 0 Å². The number of nitro benzene ring substituents is 1. The van der Waals surface area contributed by atoms with E-state index >= 15 is 0 Å². The third-order valence-corrected chi connectivity index (χ3v) is 1.67. The summed E-state index contributed by atoms with van der Waals surface area (Å²) in [6, 6.07) is 6.31. The van der Waals surface area contributed by atoms with E-state index in [4.69, 9.17) is 0 Å². The molecule has 4 heteroatoms. The molecular weight excluding hydrogens is 192 g/mol. The maximum atomic E-state index is 10.5. The number of non-ortho nitro benzene ring substituents is 1. The summed E-state index contributed by atoms with van der Waals surface area (Å²) in [6.45, 7) is 2.15. The van der Waals surface area contributed by atoms with E-state index in [1.54, 1.807) is 25.3 Å². The molecule has 4 nitrogen and oxygen atoms in total. The summed E-state index contributed by atoms with van der Waals surface area (Å²) in [5.74, 6) is 5.49. The standard InChI is InChI=1S/C11H10N2O2/c1-2-3-7-12-9-10-5-4-6-11(8-10)13(14)15/h4-6,8-9H,7H2,1H3/b12-9+. The first-order valence-electron chi connectivity index (χ1n) is 4.38. The Hall–Kier alpha value is -2.15. The Morgan fingerprint density at radius 3 is 3.07 bits per heavy atom. The van der Waals surface area contributed by atoms with Crippen molar-refractivity contribution >= 4 is 11.9 Å². The van der Waals surface area contributed by atoms with E-state index in [-0.39, 0.29) is 5.69 Å². The van der Waals surface area contributed by atoms with Crippen molar-refractivity contribution in [3.05, 3.63) is 39.9 Å². The van der Waals surface area contributed by atoms with Crippen LogP contribution in [0.1, 0.15) is 12.5 Å². The quantitative estimate of drug-likeness (QED) is 0.326. The summed E-state index contributed by atoms with van der Waals surface area (Å²) in [4.78, 5) is 14.1. The van der Waals surface area contributed by atoms with Crippen LogP contribution in [0.5, 0.6) is 0 Å². The van der Waals surface area contributed by atoms with Gasteiger partial charge in [-0.15, -0.1) is 5.92 Å². The molecule has 0 aliphatic carbocycles. The molecule has 0 saturated heterocycles. The molecule has 0 amide bonds. The predicted octanol–water partition coefficient (Wildman–Crippen LogP) is 2.04. The van der Waals surface area contributed by atoms with Crippen molar-refractivity contribution in [2.45, 2.75) is 6.92 Å². The second-order valence-corrected chi connectivity index (χ2v) is 2.75. The minimum absolute atomic E-state index is 0.0699. The molecular formula is C11H10N2O2. The van der Waals surface area contributed by atoms with E-state index in [2.05, 4.69) is 16.8 Å². The van der Waals surface area contributed by atoms with Gasteiger partial charge in [0.05, 0.1) is 11.5 Å². The lowest BCUT2D eigenvalue weighted by Gasteiger charge is -1.92. The van der Waals surface area contributed by atoms with E-state index < -0.39 is 4.92 Å². The van der Waals surface area contributed by atoms with Crippen LogP contribution < -0.4 is 0 Å². The van der Waals surface area contributed by atoms with Crippen LogP contribution in [-0.4, -0.2) is 17.7 Å². The Morgan fingerprint density at radius 2 is 2.40 bits per heavy atom.